The van der Waals surface area contributed by atoms with E-state index in [2.05, 4.69) is 38.8 Å². The molecule has 2 N–H and O–H groups in total. The number of nitrogens with zero attached hydrogens (tertiary/aromatic N) is 2. The Labute approximate surface area is 199 Å². The van der Waals surface area contributed by atoms with Crippen molar-refractivity contribution in [1.29, 1.82) is 5.26 Å². The number of halogens is 1. The molecule has 2 rings (SSSR count). The number of amides is 1. The largest absolute Gasteiger partial charge is 0.488 e. The van der Waals surface area contributed by atoms with Gasteiger partial charge in [-0.1, -0.05) is 32.4 Å². The summed E-state index contributed by atoms with van der Waals surface area (Å²) in [5.74, 6) is -0.860. The Morgan fingerprint density at radius 1 is 1.18 bits per heavy atom. The maximum Gasteiger partial charge on any atom is 0.263 e. The van der Waals surface area contributed by atoms with Gasteiger partial charge in [-0.2, -0.15) is 5.26 Å². The minimum Gasteiger partial charge on any atom is -0.488 e. The van der Waals surface area contributed by atoms with Crippen molar-refractivity contribution in [2.24, 2.45) is 5.73 Å². The van der Waals surface area contributed by atoms with Gasteiger partial charge in [-0.3, -0.25) is 9.59 Å². The molecule has 1 atom stereocenters. The minimum atomic E-state index is -1.94. The third kappa shape index (κ3) is 7.02. The lowest BCUT2D eigenvalue weighted by Gasteiger charge is -2.36. The van der Waals surface area contributed by atoms with E-state index in [4.69, 9.17) is 36.5 Å². The van der Waals surface area contributed by atoms with Gasteiger partial charge in [0.1, 0.15) is 28.7 Å². The Kier molecular flexibility index (Phi) is 8.24. The molecule has 2 aromatic rings. The molecule has 0 radical (unpaired) electrons. The topological polar surface area (TPSA) is 125 Å². The molecular weight excluding hydrogens is 462 g/mol. The zero-order chi connectivity index (χ0) is 25.0. The molecule has 8 nitrogen and oxygen atoms in total. The lowest BCUT2D eigenvalue weighted by atomic mass is 10.2. The molecule has 0 aliphatic rings. The van der Waals surface area contributed by atoms with E-state index in [1.165, 1.54) is 30.5 Å². The summed E-state index contributed by atoms with van der Waals surface area (Å²) >= 11 is 6.14. The smallest absolute Gasteiger partial charge is 0.263 e. The van der Waals surface area contributed by atoms with Crippen LogP contribution in [0, 0.1) is 11.3 Å². The Morgan fingerprint density at radius 2 is 1.82 bits per heavy atom. The Morgan fingerprint density at radius 3 is 2.36 bits per heavy atom. The van der Waals surface area contributed by atoms with Crippen molar-refractivity contribution in [3.63, 3.8) is 0 Å². The molecule has 176 valence electrons. The standard InChI is InChI=1S/C23H28ClN3O5Si/c1-14(13-30-33(5,6)23(2,3)4)31-17-7-15(21(26)29)8-18(10-17)32-22-19(24)9-16(12-27-22)20(28)11-25/h7-10,12,14H,13H2,1-6H3,(H2,26,29)/t14-/m0/s1. The van der Waals surface area contributed by atoms with Crippen LogP contribution >= 0.6 is 11.6 Å². The maximum atomic E-state index is 11.8. The molecule has 10 heteroatoms. The fraction of sp³-hybridized carbons (Fsp3) is 0.391. The molecule has 33 heavy (non-hydrogen) atoms. The Balaban J connectivity index is 2.22. The molecule has 1 aromatic carbocycles. The van der Waals surface area contributed by atoms with Crippen molar-refractivity contribution in [2.45, 2.75) is 51.9 Å². The molecule has 0 aliphatic carbocycles. The van der Waals surface area contributed by atoms with Gasteiger partial charge in [-0.05, 0) is 43.3 Å². The van der Waals surface area contributed by atoms with Crippen molar-refractivity contribution in [3.05, 3.63) is 46.6 Å². The number of primary amides is 1. The molecule has 0 saturated carbocycles. The van der Waals surface area contributed by atoms with E-state index in [1.54, 1.807) is 6.07 Å². The molecule has 0 unspecified atom stereocenters. The Hall–Kier alpha value is -2.93. The van der Waals surface area contributed by atoms with E-state index < -0.39 is 20.0 Å². The van der Waals surface area contributed by atoms with Gasteiger partial charge in [-0.25, -0.2) is 4.98 Å². The van der Waals surface area contributed by atoms with Gasteiger partial charge in [0.05, 0.1) is 12.2 Å². The van der Waals surface area contributed by atoms with Crippen molar-refractivity contribution in [1.82, 2.24) is 4.98 Å². The van der Waals surface area contributed by atoms with Crippen LogP contribution < -0.4 is 15.2 Å². The first-order valence-corrected chi connectivity index (χ1v) is 13.6. The van der Waals surface area contributed by atoms with Gasteiger partial charge in [0.15, 0.2) is 8.32 Å². The molecule has 0 saturated heterocycles. The summed E-state index contributed by atoms with van der Waals surface area (Å²) in [7, 11) is -1.94. The second-order valence-corrected chi connectivity index (χ2v) is 14.3. The number of rotatable bonds is 9. The number of carbonyl (C=O) groups excluding carboxylic acids is 2. The van der Waals surface area contributed by atoms with Crippen LogP contribution in [0.2, 0.25) is 23.2 Å². The molecular formula is C23H28ClN3O5Si. The number of nitriles is 1. The third-order valence-electron chi connectivity index (χ3n) is 5.37. The van der Waals surface area contributed by atoms with Crippen LogP contribution in [0.15, 0.2) is 30.5 Å². The number of ether oxygens (including phenoxy) is 2. The normalized spacial score (nSPS) is 12.5. The lowest BCUT2D eigenvalue weighted by Crippen LogP contribution is -2.43. The van der Waals surface area contributed by atoms with Gasteiger partial charge >= 0.3 is 0 Å². The summed E-state index contributed by atoms with van der Waals surface area (Å²) in [5, 5.41) is 8.82. The van der Waals surface area contributed by atoms with Crippen molar-refractivity contribution in [3.8, 4) is 23.4 Å². The Bertz CT molecular complexity index is 1090. The van der Waals surface area contributed by atoms with E-state index in [0.29, 0.717) is 12.4 Å². The summed E-state index contributed by atoms with van der Waals surface area (Å²) in [5.41, 5.74) is 5.67. The van der Waals surface area contributed by atoms with E-state index in [9.17, 15) is 9.59 Å². The van der Waals surface area contributed by atoms with Gasteiger partial charge in [0.2, 0.25) is 11.8 Å². The third-order valence-corrected chi connectivity index (χ3v) is 10.1. The van der Waals surface area contributed by atoms with Crippen LogP contribution in [0.25, 0.3) is 0 Å². The molecule has 0 bridgehead atoms. The molecule has 1 amide bonds. The lowest BCUT2D eigenvalue weighted by molar-refractivity contribution is 0.0997. The van der Waals surface area contributed by atoms with E-state index >= 15 is 0 Å². The van der Waals surface area contributed by atoms with Crippen molar-refractivity contribution >= 4 is 31.6 Å². The number of hydrogen-bond acceptors (Lipinski definition) is 7. The summed E-state index contributed by atoms with van der Waals surface area (Å²) in [4.78, 5) is 27.3. The SMILES string of the molecule is C[C@@H](CO[Si](C)(C)C(C)(C)C)Oc1cc(Oc2ncc(C(=O)C#N)cc2Cl)cc(C(N)=O)c1. The summed E-state index contributed by atoms with van der Waals surface area (Å²) in [6.45, 7) is 13.0. The fourth-order valence-electron chi connectivity index (χ4n) is 2.45. The first-order valence-electron chi connectivity index (χ1n) is 10.3. The average Bonchev–Trinajstić information content (AvgIpc) is 2.72. The van der Waals surface area contributed by atoms with Crippen LogP contribution in [-0.2, 0) is 4.43 Å². The van der Waals surface area contributed by atoms with Gasteiger partial charge in [-0.15, -0.1) is 0 Å². The van der Waals surface area contributed by atoms with Crippen LogP contribution in [0.3, 0.4) is 0 Å². The molecule has 0 aliphatic heterocycles. The molecule has 1 aromatic heterocycles. The number of ketones is 1. The highest BCUT2D eigenvalue weighted by molar-refractivity contribution is 6.74. The number of carbonyl (C=O) groups is 2. The number of hydrogen-bond donors (Lipinski definition) is 1. The monoisotopic (exact) mass is 489 g/mol. The fourth-order valence-corrected chi connectivity index (χ4v) is 3.74. The number of pyridine rings is 1. The number of benzene rings is 1. The second-order valence-electron chi connectivity index (χ2n) is 9.11. The van der Waals surface area contributed by atoms with Crippen molar-refractivity contribution < 1.29 is 23.5 Å². The highest BCUT2D eigenvalue weighted by atomic mass is 35.5. The number of aromatic nitrogens is 1. The summed E-state index contributed by atoms with van der Waals surface area (Å²) in [6.07, 6.45) is 0.885. The molecule has 0 spiro atoms. The van der Waals surface area contributed by atoms with E-state index in [0.717, 1.165) is 0 Å². The molecule has 0 fully saturated rings. The second kappa shape index (κ2) is 10.3. The first kappa shape index (κ1) is 26.3. The van der Waals surface area contributed by atoms with E-state index in [-0.39, 0.29) is 38.9 Å². The van der Waals surface area contributed by atoms with Crippen molar-refractivity contribution in [2.75, 3.05) is 6.61 Å². The summed E-state index contributed by atoms with van der Waals surface area (Å²) < 4.78 is 17.9. The number of nitrogens with two attached hydrogens (primary N) is 1. The van der Waals surface area contributed by atoms with Gasteiger partial charge < -0.3 is 19.6 Å². The van der Waals surface area contributed by atoms with Crippen LogP contribution in [0.1, 0.15) is 48.4 Å². The zero-order valence-electron chi connectivity index (χ0n) is 19.6. The van der Waals surface area contributed by atoms with Crippen LogP contribution in [0.4, 0.5) is 0 Å². The molecule has 1 heterocycles. The maximum absolute atomic E-state index is 11.8. The zero-order valence-corrected chi connectivity index (χ0v) is 21.3. The quantitative estimate of drug-likeness (QED) is 0.294. The highest BCUT2D eigenvalue weighted by Crippen LogP contribution is 2.37. The number of Topliss-reactive ketones (excluding diaryl/α,β-unsaturated/α-hetero) is 1. The van der Waals surface area contributed by atoms with E-state index in [1.807, 2.05) is 6.92 Å². The summed E-state index contributed by atoms with van der Waals surface area (Å²) in [6, 6.07) is 7.30. The minimum absolute atomic E-state index is 0.00645. The van der Waals surface area contributed by atoms with Crippen LogP contribution in [0.5, 0.6) is 17.4 Å². The highest BCUT2D eigenvalue weighted by Gasteiger charge is 2.37. The van der Waals surface area contributed by atoms with Gasteiger partial charge in [0, 0.05) is 17.8 Å². The predicted octanol–water partition coefficient (Wildman–Crippen LogP) is 5.12. The first-order chi connectivity index (χ1) is 15.2. The van der Waals surface area contributed by atoms with Gasteiger partial charge in [0.25, 0.3) is 5.78 Å². The van der Waals surface area contributed by atoms with Crippen LogP contribution in [-0.4, -0.2) is 37.7 Å². The average molecular weight is 490 g/mol. The predicted molar refractivity (Wildman–Crippen MR) is 127 cm³/mol.